The lowest BCUT2D eigenvalue weighted by molar-refractivity contribution is 0.0608. The summed E-state index contributed by atoms with van der Waals surface area (Å²) in [7, 11) is 0. The summed E-state index contributed by atoms with van der Waals surface area (Å²) in [4.78, 5) is 27.2. The summed E-state index contributed by atoms with van der Waals surface area (Å²) >= 11 is 1.07. The largest absolute Gasteiger partial charge is 0.503 e. The van der Waals surface area contributed by atoms with E-state index in [4.69, 9.17) is 0 Å². The number of rotatable bonds is 4. The number of fused-ring (bicyclic) bond motifs is 1. The molecule has 0 saturated heterocycles. The summed E-state index contributed by atoms with van der Waals surface area (Å²) < 4.78 is 28.6. The standard InChI is InChI=1S/C21H20F2N4O3S/c1-10(2)26-8-11(3)27-9-14(18(28)19(29)17(27)21(26)30)20-25-24-16(31-20)6-12-4-5-13(22)7-15(12)23/h4-5,7,9-11,29H,6,8H2,1-3H3/t11-/m1/s1. The van der Waals surface area contributed by atoms with E-state index >= 15 is 0 Å². The Bertz CT molecular complexity index is 1240. The van der Waals surface area contributed by atoms with Crippen molar-refractivity contribution in [1.82, 2.24) is 19.7 Å². The van der Waals surface area contributed by atoms with Gasteiger partial charge in [-0.1, -0.05) is 17.4 Å². The van der Waals surface area contributed by atoms with Crippen LogP contribution < -0.4 is 5.43 Å². The summed E-state index contributed by atoms with van der Waals surface area (Å²) in [6, 6.07) is 3.05. The minimum Gasteiger partial charge on any atom is -0.503 e. The van der Waals surface area contributed by atoms with Gasteiger partial charge in [-0.15, -0.1) is 10.2 Å². The minimum absolute atomic E-state index is 0.0423. The number of amides is 1. The second kappa shape index (κ2) is 7.84. The third-order valence-corrected chi connectivity index (χ3v) is 6.24. The number of benzene rings is 1. The maximum atomic E-state index is 13.9. The molecule has 1 amide bonds. The Labute approximate surface area is 180 Å². The SMILES string of the molecule is CC(C)N1C[C@@H](C)n2cc(-c3nnc(Cc4ccc(F)cc4F)s3)c(=O)c(O)c2C1=O. The van der Waals surface area contributed by atoms with Crippen molar-refractivity contribution in [2.24, 2.45) is 0 Å². The van der Waals surface area contributed by atoms with Gasteiger partial charge in [-0.2, -0.15) is 0 Å². The number of aromatic nitrogens is 3. The Morgan fingerprint density at radius 3 is 2.68 bits per heavy atom. The van der Waals surface area contributed by atoms with Crippen LogP contribution in [0.4, 0.5) is 8.78 Å². The zero-order chi connectivity index (χ0) is 22.4. The quantitative estimate of drug-likeness (QED) is 0.664. The van der Waals surface area contributed by atoms with Crippen LogP contribution in [-0.2, 0) is 6.42 Å². The first-order valence-electron chi connectivity index (χ1n) is 9.73. The zero-order valence-electron chi connectivity index (χ0n) is 17.1. The van der Waals surface area contributed by atoms with Crippen molar-refractivity contribution >= 4 is 17.2 Å². The Kier molecular flexibility index (Phi) is 5.34. The monoisotopic (exact) mass is 446 g/mol. The zero-order valence-corrected chi connectivity index (χ0v) is 17.9. The first kappa shape index (κ1) is 21.1. The molecule has 4 rings (SSSR count). The van der Waals surface area contributed by atoms with Crippen LogP contribution in [-0.4, -0.2) is 43.3 Å². The molecular formula is C21H20F2N4O3S. The summed E-state index contributed by atoms with van der Waals surface area (Å²) in [5.41, 5.74) is -0.392. The van der Waals surface area contributed by atoms with Crippen LogP contribution in [0, 0.1) is 11.6 Å². The summed E-state index contributed by atoms with van der Waals surface area (Å²) in [5, 5.41) is 19.3. The summed E-state index contributed by atoms with van der Waals surface area (Å²) in [6.07, 6.45) is 1.60. The van der Waals surface area contributed by atoms with E-state index in [9.17, 15) is 23.5 Å². The highest BCUT2D eigenvalue weighted by atomic mass is 32.1. The topological polar surface area (TPSA) is 88.3 Å². The second-order valence-corrected chi connectivity index (χ2v) is 8.85. The molecule has 7 nitrogen and oxygen atoms in total. The van der Waals surface area contributed by atoms with E-state index in [0.29, 0.717) is 11.6 Å². The first-order valence-corrected chi connectivity index (χ1v) is 10.5. The molecule has 162 valence electrons. The number of aromatic hydroxyl groups is 1. The molecule has 1 aliphatic heterocycles. The maximum Gasteiger partial charge on any atom is 0.274 e. The minimum atomic E-state index is -0.715. The van der Waals surface area contributed by atoms with Crippen LogP contribution in [0.3, 0.4) is 0 Å². The van der Waals surface area contributed by atoms with Crippen LogP contribution in [0.1, 0.15) is 47.9 Å². The number of nitrogens with zero attached hydrogens (tertiary/aromatic N) is 4. The van der Waals surface area contributed by atoms with Crippen LogP contribution in [0.25, 0.3) is 10.6 Å². The van der Waals surface area contributed by atoms with E-state index in [-0.39, 0.29) is 40.3 Å². The molecule has 3 heterocycles. The van der Waals surface area contributed by atoms with Gasteiger partial charge in [0.1, 0.15) is 16.6 Å². The van der Waals surface area contributed by atoms with Gasteiger partial charge in [-0.25, -0.2) is 8.78 Å². The predicted octanol–water partition coefficient (Wildman–Crippen LogP) is 3.37. The van der Waals surface area contributed by atoms with E-state index in [2.05, 4.69) is 10.2 Å². The van der Waals surface area contributed by atoms with Crippen molar-refractivity contribution in [3.8, 4) is 16.3 Å². The molecule has 0 unspecified atom stereocenters. The number of hydrogen-bond acceptors (Lipinski definition) is 6. The van der Waals surface area contributed by atoms with Crippen molar-refractivity contribution in [2.75, 3.05) is 6.54 Å². The highest BCUT2D eigenvalue weighted by Crippen LogP contribution is 2.31. The van der Waals surface area contributed by atoms with Crippen LogP contribution in [0.5, 0.6) is 5.75 Å². The molecule has 0 saturated carbocycles. The number of carbonyl (C=O) groups is 1. The third kappa shape index (κ3) is 3.71. The van der Waals surface area contributed by atoms with Crippen molar-refractivity contribution < 1.29 is 18.7 Å². The predicted molar refractivity (Wildman–Crippen MR) is 111 cm³/mol. The van der Waals surface area contributed by atoms with Gasteiger partial charge in [-0.05, 0) is 32.4 Å². The molecule has 0 radical (unpaired) electrons. The Morgan fingerprint density at radius 2 is 2.00 bits per heavy atom. The van der Waals surface area contributed by atoms with Gasteiger partial charge in [0.05, 0.1) is 5.56 Å². The van der Waals surface area contributed by atoms with E-state index in [0.717, 1.165) is 23.5 Å². The van der Waals surface area contributed by atoms with Gasteiger partial charge < -0.3 is 14.6 Å². The molecule has 31 heavy (non-hydrogen) atoms. The fourth-order valence-corrected chi connectivity index (χ4v) is 4.50. The smallest absolute Gasteiger partial charge is 0.274 e. The molecule has 0 aliphatic carbocycles. The molecule has 1 atom stereocenters. The molecule has 1 N–H and O–H groups in total. The van der Waals surface area contributed by atoms with Crippen molar-refractivity contribution in [3.63, 3.8) is 0 Å². The maximum absolute atomic E-state index is 13.9. The van der Waals surface area contributed by atoms with Crippen molar-refractivity contribution in [3.05, 3.63) is 62.5 Å². The lowest BCUT2D eigenvalue weighted by atomic mass is 10.1. The summed E-state index contributed by atoms with van der Waals surface area (Å²) in [5.74, 6) is -2.39. The highest BCUT2D eigenvalue weighted by molar-refractivity contribution is 7.14. The molecule has 0 fully saturated rings. The van der Waals surface area contributed by atoms with Gasteiger partial charge in [-0.3, -0.25) is 9.59 Å². The normalized spacial score (nSPS) is 16.1. The van der Waals surface area contributed by atoms with Crippen LogP contribution >= 0.6 is 11.3 Å². The molecule has 10 heteroatoms. The Balaban J connectivity index is 1.72. The van der Waals surface area contributed by atoms with E-state index in [1.165, 1.54) is 12.3 Å². The van der Waals surface area contributed by atoms with E-state index in [1.807, 2.05) is 20.8 Å². The number of halogens is 2. The average molecular weight is 446 g/mol. The number of hydrogen-bond donors (Lipinski definition) is 1. The lowest BCUT2D eigenvalue weighted by Gasteiger charge is -2.37. The van der Waals surface area contributed by atoms with E-state index in [1.54, 1.807) is 9.47 Å². The fraction of sp³-hybridized carbons (Fsp3) is 0.333. The molecule has 2 aromatic heterocycles. The summed E-state index contributed by atoms with van der Waals surface area (Å²) in [6.45, 7) is 6.07. The molecule has 0 bridgehead atoms. The van der Waals surface area contributed by atoms with Gasteiger partial charge in [0.25, 0.3) is 5.91 Å². The Hall–Kier alpha value is -3.14. The van der Waals surface area contributed by atoms with Crippen LogP contribution in [0.2, 0.25) is 0 Å². The molecule has 1 aromatic carbocycles. The van der Waals surface area contributed by atoms with Gasteiger partial charge >= 0.3 is 0 Å². The second-order valence-electron chi connectivity index (χ2n) is 7.79. The van der Waals surface area contributed by atoms with Gasteiger partial charge in [0.15, 0.2) is 16.5 Å². The number of pyridine rings is 1. The lowest BCUT2D eigenvalue weighted by Crippen LogP contribution is -2.46. The van der Waals surface area contributed by atoms with Gasteiger partial charge in [0.2, 0.25) is 5.43 Å². The number of carbonyl (C=O) groups excluding carboxylic acids is 1. The highest BCUT2D eigenvalue weighted by Gasteiger charge is 2.34. The van der Waals surface area contributed by atoms with Gasteiger partial charge in [0, 0.05) is 37.3 Å². The molecule has 1 aliphatic rings. The van der Waals surface area contributed by atoms with E-state index < -0.39 is 28.7 Å². The third-order valence-electron chi connectivity index (χ3n) is 5.29. The fourth-order valence-electron chi connectivity index (χ4n) is 3.63. The first-order chi connectivity index (χ1) is 14.7. The molecule has 3 aromatic rings. The van der Waals surface area contributed by atoms with Crippen LogP contribution in [0.15, 0.2) is 29.2 Å². The molecule has 0 spiro atoms. The van der Waals surface area contributed by atoms with Crippen molar-refractivity contribution in [1.29, 1.82) is 0 Å². The molecular weight excluding hydrogens is 426 g/mol. The van der Waals surface area contributed by atoms with Crippen molar-refractivity contribution in [2.45, 2.75) is 39.3 Å². The average Bonchev–Trinajstić information content (AvgIpc) is 3.17. The Morgan fingerprint density at radius 1 is 1.26 bits per heavy atom.